The highest BCUT2D eigenvalue weighted by Crippen LogP contribution is 2.31. The van der Waals surface area contributed by atoms with Crippen LogP contribution in [0.1, 0.15) is 24.0 Å². The number of nitrogens with two attached hydrogens (primary N) is 2. The molecule has 0 radical (unpaired) electrons. The maximum Gasteiger partial charge on any atom is 0.141 e. The smallest absolute Gasteiger partial charge is 0.141 e. The van der Waals surface area contributed by atoms with E-state index in [-0.39, 0.29) is 11.7 Å². The number of carbonyl (C=O) groups excluding carboxylic acids is 1. The van der Waals surface area contributed by atoms with E-state index in [4.69, 9.17) is 20.9 Å². The Bertz CT molecular complexity index is 1090. The molecule has 4 N–H and O–H groups in total. The largest absolute Gasteiger partial charge is 0.457 e. The number of hydrogen-bond acceptors (Lipinski definition) is 5. The predicted molar refractivity (Wildman–Crippen MR) is 127 cm³/mol. The van der Waals surface area contributed by atoms with Gasteiger partial charge in [-0.25, -0.2) is 0 Å². The fourth-order valence-electron chi connectivity index (χ4n) is 3.46. The SMILES string of the molecule is CC(=O)C(c1ccc(Oc2ccc(N)cc2)cc1)c1ccc(Oc2ccc(N)cc2)cc1. The second-order valence-corrected chi connectivity index (χ2v) is 7.52. The molecule has 5 nitrogen and oxygen atoms in total. The topological polar surface area (TPSA) is 87.6 Å². The van der Waals surface area contributed by atoms with Crippen molar-refractivity contribution in [3.63, 3.8) is 0 Å². The van der Waals surface area contributed by atoms with Gasteiger partial charge in [-0.3, -0.25) is 4.79 Å². The van der Waals surface area contributed by atoms with Gasteiger partial charge >= 0.3 is 0 Å². The van der Waals surface area contributed by atoms with Crippen molar-refractivity contribution in [2.45, 2.75) is 12.8 Å². The summed E-state index contributed by atoms with van der Waals surface area (Å²) in [6, 6.07) is 29.5. The van der Waals surface area contributed by atoms with Crippen LogP contribution < -0.4 is 20.9 Å². The molecule has 0 unspecified atom stereocenters. The van der Waals surface area contributed by atoms with Crippen molar-refractivity contribution in [3.05, 3.63) is 108 Å². The van der Waals surface area contributed by atoms with Gasteiger partial charge in [0.05, 0.1) is 5.92 Å². The third-order valence-corrected chi connectivity index (χ3v) is 5.06. The van der Waals surface area contributed by atoms with Gasteiger partial charge in [-0.2, -0.15) is 0 Å². The van der Waals surface area contributed by atoms with E-state index in [1.54, 1.807) is 31.2 Å². The van der Waals surface area contributed by atoms with Gasteiger partial charge in [-0.1, -0.05) is 24.3 Å². The first-order valence-corrected chi connectivity index (χ1v) is 10.2. The zero-order valence-electron chi connectivity index (χ0n) is 17.7. The van der Waals surface area contributed by atoms with E-state index in [1.165, 1.54) is 0 Å². The summed E-state index contributed by atoms with van der Waals surface area (Å²) in [5.41, 5.74) is 14.6. The molecule has 0 aliphatic carbocycles. The van der Waals surface area contributed by atoms with Crippen LogP contribution in [-0.2, 0) is 4.79 Å². The third kappa shape index (κ3) is 5.08. The van der Waals surface area contributed by atoms with Gasteiger partial charge < -0.3 is 20.9 Å². The van der Waals surface area contributed by atoms with Crippen LogP contribution in [0, 0.1) is 0 Å². The molecule has 4 rings (SSSR count). The first-order chi connectivity index (χ1) is 15.5. The van der Waals surface area contributed by atoms with Crippen molar-refractivity contribution >= 4 is 17.2 Å². The lowest BCUT2D eigenvalue weighted by Gasteiger charge is -2.16. The van der Waals surface area contributed by atoms with Crippen molar-refractivity contribution in [1.29, 1.82) is 0 Å². The number of nitrogen functional groups attached to an aromatic ring is 2. The van der Waals surface area contributed by atoms with Crippen molar-refractivity contribution in [1.82, 2.24) is 0 Å². The Morgan fingerprint density at radius 1 is 0.562 bits per heavy atom. The zero-order chi connectivity index (χ0) is 22.5. The first kappa shape index (κ1) is 21.0. The summed E-state index contributed by atoms with van der Waals surface area (Å²) in [6.45, 7) is 1.60. The molecule has 0 fully saturated rings. The summed E-state index contributed by atoms with van der Waals surface area (Å²) in [5.74, 6) is 2.47. The van der Waals surface area contributed by atoms with Crippen molar-refractivity contribution < 1.29 is 14.3 Å². The maximum absolute atomic E-state index is 12.5. The molecule has 0 heterocycles. The molecule has 0 bridgehead atoms. The monoisotopic (exact) mass is 424 g/mol. The molecular formula is C27H24N2O3. The standard InChI is InChI=1S/C27H24N2O3/c1-18(30)27(19-2-10-23(11-3-19)31-25-14-6-21(28)7-15-25)20-4-12-24(13-5-20)32-26-16-8-22(29)9-17-26/h2-17,27H,28-29H2,1H3. The van der Waals surface area contributed by atoms with Crippen molar-refractivity contribution in [2.24, 2.45) is 0 Å². The Kier molecular flexibility index (Phi) is 6.08. The molecule has 4 aromatic carbocycles. The minimum Gasteiger partial charge on any atom is -0.457 e. The Balaban J connectivity index is 1.49. The van der Waals surface area contributed by atoms with Gasteiger partial charge in [0.2, 0.25) is 0 Å². The lowest BCUT2D eigenvalue weighted by molar-refractivity contribution is -0.117. The zero-order valence-corrected chi connectivity index (χ0v) is 17.7. The van der Waals surface area contributed by atoms with Crippen LogP contribution in [0.3, 0.4) is 0 Å². The van der Waals surface area contributed by atoms with Gasteiger partial charge in [0.25, 0.3) is 0 Å². The van der Waals surface area contributed by atoms with E-state index in [9.17, 15) is 4.79 Å². The minimum atomic E-state index is -0.369. The number of ketones is 1. The van der Waals surface area contributed by atoms with Gasteiger partial charge in [0.1, 0.15) is 28.8 Å². The third-order valence-electron chi connectivity index (χ3n) is 5.06. The molecule has 0 aliphatic rings. The fraction of sp³-hybridized carbons (Fsp3) is 0.0741. The Labute approximate surface area is 187 Å². The molecule has 160 valence electrons. The number of Topliss-reactive ketones (excluding diaryl/α,β-unsaturated/α-hetero) is 1. The minimum absolute atomic E-state index is 0.0596. The van der Waals surface area contributed by atoms with E-state index in [0.717, 1.165) is 11.1 Å². The van der Waals surface area contributed by atoms with Crippen molar-refractivity contribution in [2.75, 3.05) is 11.5 Å². The van der Waals surface area contributed by atoms with E-state index >= 15 is 0 Å². The Morgan fingerprint density at radius 3 is 1.12 bits per heavy atom. The van der Waals surface area contributed by atoms with E-state index in [2.05, 4.69) is 0 Å². The number of carbonyl (C=O) groups is 1. The lowest BCUT2D eigenvalue weighted by atomic mass is 9.88. The molecule has 0 saturated heterocycles. The van der Waals surface area contributed by atoms with Gasteiger partial charge in [0.15, 0.2) is 0 Å². The molecule has 0 atom stereocenters. The van der Waals surface area contributed by atoms with Gasteiger partial charge in [-0.05, 0) is 90.8 Å². The number of anilines is 2. The molecule has 0 amide bonds. The van der Waals surface area contributed by atoms with Crippen LogP contribution in [0.25, 0.3) is 0 Å². The summed E-state index contributed by atoms with van der Waals surface area (Å²) < 4.78 is 11.7. The summed E-state index contributed by atoms with van der Waals surface area (Å²) in [5, 5.41) is 0. The molecule has 32 heavy (non-hydrogen) atoms. The molecule has 0 saturated carbocycles. The van der Waals surface area contributed by atoms with E-state index < -0.39 is 0 Å². The molecular weight excluding hydrogens is 400 g/mol. The second-order valence-electron chi connectivity index (χ2n) is 7.52. The summed E-state index contributed by atoms with van der Waals surface area (Å²) >= 11 is 0. The number of ether oxygens (including phenoxy) is 2. The highest BCUT2D eigenvalue weighted by atomic mass is 16.5. The Hall–Kier alpha value is -4.25. The summed E-state index contributed by atoms with van der Waals surface area (Å²) in [7, 11) is 0. The van der Waals surface area contributed by atoms with E-state index in [0.29, 0.717) is 34.4 Å². The average molecular weight is 425 g/mol. The molecule has 0 aliphatic heterocycles. The molecule has 0 aromatic heterocycles. The van der Waals surface area contributed by atoms with Crippen LogP contribution in [0.2, 0.25) is 0 Å². The first-order valence-electron chi connectivity index (χ1n) is 10.2. The highest BCUT2D eigenvalue weighted by molar-refractivity contribution is 5.87. The number of hydrogen-bond donors (Lipinski definition) is 2. The maximum atomic E-state index is 12.5. The van der Waals surface area contributed by atoms with Crippen LogP contribution in [0.4, 0.5) is 11.4 Å². The summed E-state index contributed by atoms with van der Waals surface area (Å²) in [6.07, 6.45) is 0. The number of rotatable bonds is 7. The van der Waals surface area contributed by atoms with E-state index in [1.807, 2.05) is 72.8 Å². The molecule has 5 heteroatoms. The summed E-state index contributed by atoms with van der Waals surface area (Å²) in [4.78, 5) is 12.5. The number of benzene rings is 4. The normalized spacial score (nSPS) is 10.7. The molecule has 4 aromatic rings. The van der Waals surface area contributed by atoms with Crippen LogP contribution in [0.15, 0.2) is 97.1 Å². The second kappa shape index (κ2) is 9.27. The highest BCUT2D eigenvalue weighted by Gasteiger charge is 2.19. The Morgan fingerprint density at radius 2 is 0.844 bits per heavy atom. The van der Waals surface area contributed by atoms with Gasteiger partial charge in [0, 0.05) is 11.4 Å². The van der Waals surface area contributed by atoms with Crippen LogP contribution >= 0.6 is 0 Å². The fourth-order valence-corrected chi connectivity index (χ4v) is 3.46. The van der Waals surface area contributed by atoms with Crippen LogP contribution in [0.5, 0.6) is 23.0 Å². The lowest BCUT2D eigenvalue weighted by Crippen LogP contribution is -2.10. The predicted octanol–water partition coefficient (Wildman–Crippen LogP) is 6.16. The molecule has 0 spiro atoms. The average Bonchev–Trinajstić information content (AvgIpc) is 2.79. The van der Waals surface area contributed by atoms with Crippen LogP contribution in [-0.4, -0.2) is 5.78 Å². The quantitative estimate of drug-likeness (QED) is 0.347. The van der Waals surface area contributed by atoms with Gasteiger partial charge in [-0.15, -0.1) is 0 Å². The van der Waals surface area contributed by atoms with Crippen molar-refractivity contribution in [3.8, 4) is 23.0 Å².